The normalized spacial score (nSPS) is 21.4. The number of aliphatic hydroxyl groups is 2. The number of nitrogen functional groups attached to an aromatic ring is 1. The molecular formula is C27H46N7NaO17P3S. The third kappa shape index (κ3) is 16.0. The summed E-state index contributed by atoms with van der Waals surface area (Å²) in [5, 5.41) is 26.4. The maximum atomic E-state index is 12.7. The van der Waals surface area contributed by atoms with Crippen molar-refractivity contribution in [2.45, 2.75) is 83.5 Å². The number of phosphoric ester groups is 3. The van der Waals surface area contributed by atoms with Crippen molar-refractivity contribution in [3.8, 4) is 0 Å². The summed E-state index contributed by atoms with van der Waals surface area (Å²) in [6.45, 7) is 2.59. The zero-order chi connectivity index (χ0) is 41.2. The molecule has 0 aliphatic carbocycles. The topological polar surface area (TPSA) is 364 Å². The van der Waals surface area contributed by atoms with Crippen LogP contribution in [-0.2, 0) is 50.7 Å². The molecule has 3 heterocycles. The largest absolute Gasteiger partial charge is 0.481 e. The minimum atomic E-state index is -5.56. The van der Waals surface area contributed by atoms with Crippen molar-refractivity contribution < 1.29 is 80.5 Å². The molecule has 1 radical (unpaired) electrons. The van der Waals surface area contributed by atoms with E-state index in [0.717, 1.165) is 48.2 Å². The van der Waals surface area contributed by atoms with E-state index in [9.17, 15) is 57.9 Å². The summed E-state index contributed by atoms with van der Waals surface area (Å²) in [5.74, 6) is -1.04. The molecule has 0 aromatic carbocycles. The fourth-order valence-electron chi connectivity index (χ4n) is 4.89. The van der Waals surface area contributed by atoms with Gasteiger partial charge in [-0.2, -0.15) is 4.31 Å². The quantitative estimate of drug-likeness (QED) is 0.0398. The first-order valence-corrected chi connectivity index (χ1v) is 22.1. The number of carbonyl (C=O) groups excluding carboxylic acids is 3. The molecule has 0 spiro atoms. The molecule has 24 nitrogen and oxygen atoms in total. The Hall–Kier alpha value is -1.44. The second kappa shape index (κ2) is 22.2. The fraction of sp³-hybridized carbons (Fsp3) is 0.704. The van der Waals surface area contributed by atoms with Crippen LogP contribution in [0.5, 0.6) is 0 Å². The number of nitrogens with zero attached hydrogens (tertiary/aromatic N) is 4. The van der Waals surface area contributed by atoms with Crippen LogP contribution >= 0.6 is 35.2 Å². The van der Waals surface area contributed by atoms with Gasteiger partial charge in [0.2, 0.25) is 11.8 Å². The van der Waals surface area contributed by atoms with Gasteiger partial charge in [-0.15, -0.1) is 0 Å². The van der Waals surface area contributed by atoms with Crippen molar-refractivity contribution in [2.24, 2.45) is 5.41 Å². The number of nitrogens with two attached hydrogens (primary N) is 1. The molecule has 2 amide bonds. The third-order valence-electron chi connectivity index (χ3n) is 7.75. The van der Waals surface area contributed by atoms with Gasteiger partial charge in [-0.05, 0) is 6.42 Å². The van der Waals surface area contributed by atoms with Crippen molar-refractivity contribution in [3.63, 3.8) is 0 Å². The van der Waals surface area contributed by atoms with Crippen molar-refractivity contribution >= 4 is 98.7 Å². The molecule has 3 rings (SSSR count). The number of fused-ring (bicyclic) bond motifs is 1. The van der Waals surface area contributed by atoms with Crippen LogP contribution in [0.15, 0.2) is 12.7 Å². The monoisotopic (exact) mass is 888 g/mol. The number of thioether (sulfide) groups is 1. The Morgan fingerprint density at radius 2 is 1.71 bits per heavy atom. The van der Waals surface area contributed by atoms with Gasteiger partial charge in [0, 0.05) is 66.7 Å². The molecule has 1 saturated heterocycles. The number of hydrogen-bond acceptors (Lipinski definition) is 18. The number of rotatable bonds is 23. The van der Waals surface area contributed by atoms with Crippen LogP contribution in [0.1, 0.15) is 59.1 Å². The summed E-state index contributed by atoms with van der Waals surface area (Å²) in [6.07, 6.45) is -3.63. The predicted octanol–water partition coefficient (Wildman–Crippen LogP) is -0.136. The van der Waals surface area contributed by atoms with E-state index in [1.54, 1.807) is 0 Å². The summed E-state index contributed by atoms with van der Waals surface area (Å²) in [7, 11) is -16.4. The van der Waals surface area contributed by atoms with Gasteiger partial charge in [0.1, 0.15) is 36.3 Å². The summed E-state index contributed by atoms with van der Waals surface area (Å²) in [4.78, 5) is 87.3. The molecule has 0 bridgehead atoms. The minimum absolute atomic E-state index is 0. The molecule has 56 heavy (non-hydrogen) atoms. The van der Waals surface area contributed by atoms with Crippen molar-refractivity contribution in [2.75, 3.05) is 37.8 Å². The number of hydrogen-bond donors (Lipinski definition) is 9. The maximum absolute atomic E-state index is 12.7. The van der Waals surface area contributed by atoms with E-state index in [2.05, 4.69) is 34.4 Å². The van der Waals surface area contributed by atoms with Crippen molar-refractivity contribution in [1.82, 2.24) is 30.2 Å². The van der Waals surface area contributed by atoms with Gasteiger partial charge in [-0.3, -0.25) is 32.5 Å². The second-order valence-corrected chi connectivity index (χ2v) is 18.1. The molecule has 29 heteroatoms. The number of aromatic nitrogens is 4. The van der Waals surface area contributed by atoms with Crippen LogP contribution < -0.4 is 16.4 Å². The van der Waals surface area contributed by atoms with Gasteiger partial charge in [-0.25, -0.2) is 28.6 Å². The molecule has 1 aliphatic heterocycles. The van der Waals surface area contributed by atoms with Crippen LogP contribution in [0.25, 0.3) is 11.2 Å². The molecule has 0 saturated carbocycles. The van der Waals surface area contributed by atoms with Crippen molar-refractivity contribution in [3.05, 3.63) is 12.7 Å². The van der Waals surface area contributed by atoms with Crippen LogP contribution in [0.3, 0.4) is 0 Å². The van der Waals surface area contributed by atoms with E-state index in [0.29, 0.717) is 12.2 Å². The summed E-state index contributed by atoms with van der Waals surface area (Å²) < 4.78 is 62.1. The predicted molar refractivity (Wildman–Crippen MR) is 197 cm³/mol. The molecule has 1 aliphatic rings. The number of amides is 2. The van der Waals surface area contributed by atoms with Crippen LogP contribution in [-0.4, -0.2) is 152 Å². The Labute approximate surface area is 347 Å². The van der Waals surface area contributed by atoms with E-state index in [1.807, 2.05) is 6.92 Å². The Bertz CT molecular complexity index is 1790. The van der Waals surface area contributed by atoms with Crippen LogP contribution in [0, 0.1) is 5.41 Å². The van der Waals surface area contributed by atoms with E-state index >= 15 is 0 Å². The number of phosphoric acid groups is 3. The van der Waals surface area contributed by atoms with E-state index in [-0.39, 0.29) is 71.2 Å². The second-order valence-electron chi connectivity index (χ2n) is 12.7. The zero-order valence-corrected chi connectivity index (χ0v) is 36.4. The first-order valence-electron chi connectivity index (χ1n) is 16.6. The van der Waals surface area contributed by atoms with Gasteiger partial charge < -0.3 is 50.9 Å². The van der Waals surface area contributed by atoms with Gasteiger partial charge >= 0.3 is 23.5 Å². The third-order valence-corrected chi connectivity index (χ3v) is 11.8. The van der Waals surface area contributed by atoms with Gasteiger partial charge in [0.25, 0.3) is 0 Å². The zero-order valence-electron chi connectivity index (χ0n) is 30.9. The van der Waals surface area contributed by atoms with E-state index in [4.69, 9.17) is 19.5 Å². The molecule has 2 aromatic heterocycles. The standard InChI is InChI=1S/C27H46N7O17P3S.Na/c1-4-5-6-7-18(36)55-11-10-29-17(35)8-9-30-25(39)22(38)27(2,3)13-48-54(45,46)51-53(43,44)47-12-16-21(50-52(40,41)42)20(37)26(49-16)34-15-33-19-23(28)31-14-32-24(19)34;/h14-16,20-22,26,37-38H,4-13H2,1-3H3,(H,29,35)(H,30,39)(H,43,44)(H,45,46)(H2,28,31,32)(H2,40,41,42);/t16-,20-,21-,22+,26-;/m1./s1. The number of imidazole rings is 1. The summed E-state index contributed by atoms with van der Waals surface area (Å²) in [6, 6.07) is 0. The number of ether oxygens (including phenoxy) is 1. The summed E-state index contributed by atoms with van der Waals surface area (Å²) in [5.41, 5.74) is 4.27. The van der Waals surface area contributed by atoms with Crippen LogP contribution in [0.2, 0.25) is 0 Å². The van der Waals surface area contributed by atoms with Gasteiger partial charge in [-0.1, -0.05) is 45.4 Å². The average molecular weight is 889 g/mol. The molecule has 10 N–H and O–H groups in total. The van der Waals surface area contributed by atoms with E-state index < -0.39 is 84.6 Å². The van der Waals surface area contributed by atoms with Crippen molar-refractivity contribution in [1.29, 1.82) is 0 Å². The molecule has 1 fully saturated rings. The smallest absolute Gasteiger partial charge is 0.386 e. The number of aliphatic hydroxyl groups excluding tert-OH is 2. The molecule has 313 valence electrons. The Morgan fingerprint density at radius 1 is 1.04 bits per heavy atom. The fourth-order valence-corrected chi connectivity index (χ4v) is 8.44. The molecular weight excluding hydrogens is 842 g/mol. The maximum Gasteiger partial charge on any atom is 0.481 e. The number of anilines is 1. The minimum Gasteiger partial charge on any atom is -0.386 e. The average Bonchev–Trinajstić information content (AvgIpc) is 3.64. The SMILES string of the molecule is CCCCCC(=O)SCCNC(=O)CCNC(=O)[C@H](O)C(C)(C)COP(=O)(O)OP(=O)(O)OC[C@H]1O[C@@H](n2cnc3c(N)ncnc32)[C@H](O)[C@@H]1OP(=O)(O)O.[Na]. The first-order chi connectivity index (χ1) is 25.6. The Kier molecular flexibility index (Phi) is 20.1. The Morgan fingerprint density at radius 3 is 2.38 bits per heavy atom. The van der Waals surface area contributed by atoms with Crippen LogP contribution in [0.4, 0.5) is 5.82 Å². The summed E-state index contributed by atoms with van der Waals surface area (Å²) >= 11 is 1.12. The van der Waals surface area contributed by atoms with Gasteiger partial charge in [0.05, 0.1) is 19.5 Å². The number of nitrogens with one attached hydrogen (secondary N) is 2. The Balaban J connectivity index is 0.0000108. The molecule has 2 unspecified atom stereocenters. The van der Waals surface area contributed by atoms with E-state index in [1.165, 1.54) is 13.8 Å². The van der Waals surface area contributed by atoms with Gasteiger partial charge in [0.15, 0.2) is 22.8 Å². The first kappa shape index (κ1) is 50.7. The number of carbonyl (C=O) groups is 3. The molecule has 7 atom stereocenters. The number of unbranched alkanes of at least 4 members (excludes halogenated alkanes) is 2. The molecule has 2 aromatic rings.